The summed E-state index contributed by atoms with van der Waals surface area (Å²) in [6.45, 7) is 12.9. The normalized spacial score (nSPS) is 12.4. The number of aryl methyl sites for hydroxylation is 1. The number of aromatic nitrogens is 2. The third kappa shape index (κ3) is 6.28. The van der Waals surface area contributed by atoms with E-state index >= 15 is 0 Å². The first-order valence-corrected chi connectivity index (χ1v) is 14.7. The van der Waals surface area contributed by atoms with E-state index in [4.69, 9.17) is 14.5 Å². The van der Waals surface area contributed by atoms with Crippen LogP contribution in [0, 0.1) is 6.92 Å². The lowest BCUT2D eigenvalue weighted by Crippen LogP contribution is -2.21. The van der Waals surface area contributed by atoms with Crippen LogP contribution in [0.3, 0.4) is 0 Å². The largest absolute Gasteiger partial charge is 0.494 e. The Bertz CT molecular complexity index is 1570. The van der Waals surface area contributed by atoms with Crippen molar-refractivity contribution in [1.82, 2.24) is 9.66 Å². The van der Waals surface area contributed by atoms with Crippen molar-refractivity contribution >= 4 is 49.0 Å². The molecule has 3 aromatic carbocycles. The monoisotopic (exact) mass is 653 g/mol. The molecule has 0 N–H and O–H groups in total. The first-order valence-electron chi connectivity index (χ1n) is 13.1. The average molecular weight is 655 g/mol. The minimum absolute atomic E-state index is 0.0787. The van der Waals surface area contributed by atoms with E-state index in [1.165, 1.54) is 4.68 Å². The highest BCUT2D eigenvalue weighted by molar-refractivity contribution is 9.11. The second kappa shape index (κ2) is 12.5. The second-order valence-corrected chi connectivity index (χ2v) is 11.5. The molecule has 0 aliphatic rings. The Hall–Kier alpha value is -2.97. The number of fused-ring (bicyclic) bond motifs is 1. The summed E-state index contributed by atoms with van der Waals surface area (Å²) in [4.78, 5) is 18.6. The number of hydrogen-bond donors (Lipinski definition) is 0. The van der Waals surface area contributed by atoms with Crippen molar-refractivity contribution in [3.05, 3.63) is 84.5 Å². The van der Waals surface area contributed by atoms with E-state index in [2.05, 4.69) is 63.8 Å². The van der Waals surface area contributed by atoms with Crippen molar-refractivity contribution in [1.29, 1.82) is 0 Å². The van der Waals surface area contributed by atoms with Crippen LogP contribution < -0.4 is 15.0 Å². The number of rotatable bonds is 9. The molecule has 8 heteroatoms. The molecule has 0 amide bonds. The smallest absolute Gasteiger partial charge is 0.282 e. The molecule has 0 aliphatic carbocycles. The Morgan fingerprint density at radius 2 is 1.74 bits per heavy atom. The summed E-state index contributed by atoms with van der Waals surface area (Å²) in [7, 11) is 0. The standard InChI is InChI=1S/C31H33Br2N3O3/c1-7-20(6)39-29-25(32)14-21(15-26(29)33)17-34-36-30(35-27-12-10-9-11-22(27)31(36)37)24-16-23(18(3)4)28(38-8-2)13-19(24)5/h9-18,20H,7-8H2,1-6H3/t20-/m0/s1. The van der Waals surface area contributed by atoms with Crippen molar-refractivity contribution in [2.24, 2.45) is 5.10 Å². The molecule has 0 saturated carbocycles. The molecular formula is C31H33Br2N3O3. The zero-order valence-corrected chi connectivity index (χ0v) is 26.3. The molecule has 0 bridgehead atoms. The fourth-order valence-electron chi connectivity index (χ4n) is 4.25. The maximum atomic E-state index is 13.7. The fourth-order valence-corrected chi connectivity index (χ4v) is 5.66. The first-order chi connectivity index (χ1) is 18.6. The van der Waals surface area contributed by atoms with E-state index in [-0.39, 0.29) is 17.6 Å². The van der Waals surface area contributed by atoms with Gasteiger partial charge in [-0.25, -0.2) is 4.98 Å². The van der Waals surface area contributed by atoms with E-state index in [9.17, 15) is 4.79 Å². The summed E-state index contributed by atoms with van der Waals surface area (Å²) >= 11 is 7.24. The number of nitrogens with zero attached hydrogens (tertiary/aromatic N) is 3. The minimum Gasteiger partial charge on any atom is -0.494 e. The third-order valence-corrected chi connectivity index (χ3v) is 7.69. The number of ether oxygens (including phenoxy) is 2. The van der Waals surface area contributed by atoms with Crippen molar-refractivity contribution in [3.63, 3.8) is 0 Å². The highest BCUT2D eigenvalue weighted by Crippen LogP contribution is 2.36. The van der Waals surface area contributed by atoms with Gasteiger partial charge < -0.3 is 9.47 Å². The molecule has 6 nitrogen and oxygen atoms in total. The van der Waals surface area contributed by atoms with Crippen LogP contribution in [0.4, 0.5) is 0 Å². The molecule has 39 heavy (non-hydrogen) atoms. The maximum absolute atomic E-state index is 13.7. The molecule has 1 aromatic heterocycles. The zero-order chi connectivity index (χ0) is 28.3. The Balaban J connectivity index is 1.89. The van der Waals surface area contributed by atoms with Crippen LogP contribution in [-0.4, -0.2) is 28.6 Å². The summed E-state index contributed by atoms with van der Waals surface area (Å²) < 4.78 is 15.0. The summed E-state index contributed by atoms with van der Waals surface area (Å²) in [5, 5.41) is 5.17. The summed E-state index contributed by atoms with van der Waals surface area (Å²) in [6.07, 6.45) is 2.64. The van der Waals surface area contributed by atoms with Crippen LogP contribution in [0.2, 0.25) is 0 Å². The number of para-hydroxylation sites is 1. The number of hydrogen-bond acceptors (Lipinski definition) is 5. The van der Waals surface area contributed by atoms with Gasteiger partial charge in [-0.15, -0.1) is 0 Å². The molecule has 1 atom stereocenters. The maximum Gasteiger partial charge on any atom is 0.282 e. The van der Waals surface area contributed by atoms with Crippen LogP contribution in [0.1, 0.15) is 63.6 Å². The summed E-state index contributed by atoms with van der Waals surface area (Å²) in [5.41, 5.74) is 4.02. The van der Waals surface area contributed by atoms with E-state index in [0.717, 1.165) is 49.1 Å². The Kier molecular flexibility index (Phi) is 9.28. The van der Waals surface area contributed by atoms with Crippen LogP contribution >= 0.6 is 31.9 Å². The van der Waals surface area contributed by atoms with Crippen LogP contribution in [0.25, 0.3) is 22.3 Å². The first kappa shape index (κ1) is 29.0. The molecule has 0 fully saturated rings. The lowest BCUT2D eigenvalue weighted by atomic mass is 9.96. The molecule has 204 valence electrons. The van der Waals surface area contributed by atoms with Gasteiger partial charge in [-0.3, -0.25) is 4.79 Å². The number of halogens is 2. The average Bonchev–Trinajstić information content (AvgIpc) is 2.90. The molecule has 1 heterocycles. The van der Waals surface area contributed by atoms with Crippen molar-refractivity contribution in [2.45, 2.75) is 60.0 Å². The van der Waals surface area contributed by atoms with E-state index in [0.29, 0.717) is 23.3 Å². The summed E-state index contributed by atoms with van der Waals surface area (Å²) in [5.74, 6) is 2.28. The van der Waals surface area contributed by atoms with E-state index < -0.39 is 0 Å². The highest BCUT2D eigenvalue weighted by Gasteiger charge is 2.19. The fraction of sp³-hybridized carbons (Fsp3) is 0.323. The molecule has 0 unspecified atom stereocenters. The molecular weight excluding hydrogens is 622 g/mol. The molecule has 4 rings (SSSR count). The van der Waals surface area contributed by atoms with Crippen molar-refractivity contribution < 1.29 is 9.47 Å². The predicted octanol–water partition coefficient (Wildman–Crippen LogP) is 8.48. The molecule has 0 radical (unpaired) electrons. The lowest BCUT2D eigenvalue weighted by molar-refractivity contribution is 0.214. The molecule has 4 aromatic rings. The SMILES string of the molecule is CCOc1cc(C)c(-c2nc3ccccc3c(=O)n2N=Cc2cc(Br)c(O[C@@H](C)CC)c(Br)c2)cc1C(C)C. The van der Waals surface area contributed by atoms with Crippen LogP contribution in [0.15, 0.2) is 67.4 Å². The van der Waals surface area contributed by atoms with Gasteiger partial charge in [-0.1, -0.05) is 32.9 Å². The number of benzene rings is 3. The van der Waals surface area contributed by atoms with Gasteiger partial charge >= 0.3 is 0 Å². The molecule has 0 aliphatic heterocycles. The van der Waals surface area contributed by atoms with Gasteiger partial charge in [-0.05, 0) is 118 Å². The van der Waals surface area contributed by atoms with Gasteiger partial charge in [0.05, 0.1) is 38.8 Å². The third-order valence-electron chi connectivity index (χ3n) is 6.51. The van der Waals surface area contributed by atoms with Gasteiger partial charge in [0.15, 0.2) is 5.82 Å². The van der Waals surface area contributed by atoms with Gasteiger partial charge in [0.25, 0.3) is 5.56 Å². The van der Waals surface area contributed by atoms with Crippen molar-refractivity contribution in [3.8, 4) is 22.9 Å². The van der Waals surface area contributed by atoms with Crippen LogP contribution in [-0.2, 0) is 0 Å². The second-order valence-electron chi connectivity index (χ2n) is 9.76. The van der Waals surface area contributed by atoms with Gasteiger partial charge in [0, 0.05) is 5.56 Å². The van der Waals surface area contributed by atoms with Gasteiger partial charge in [0.1, 0.15) is 11.5 Å². The summed E-state index contributed by atoms with van der Waals surface area (Å²) in [6, 6.07) is 15.3. The van der Waals surface area contributed by atoms with Crippen molar-refractivity contribution in [2.75, 3.05) is 6.61 Å². The Morgan fingerprint density at radius 1 is 1.05 bits per heavy atom. The Morgan fingerprint density at radius 3 is 2.38 bits per heavy atom. The lowest BCUT2D eigenvalue weighted by Gasteiger charge is -2.18. The Labute approximate surface area is 246 Å². The van der Waals surface area contributed by atoms with E-state index in [1.54, 1.807) is 12.3 Å². The zero-order valence-electron chi connectivity index (χ0n) is 23.1. The molecule has 0 spiro atoms. The minimum atomic E-state index is -0.235. The topological polar surface area (TPSA) is 65.7 Å². The molecule has 0 saturated heterocycles. The van der Waals surface area contributed by atoms with Gasteiger partial charge in [-0.2, -0.15) is 9.78 Å². The quantitative estimate of drug-likeness (QED) is 0.170. The van der Waals surface area contributed by atoms with Gasteiger partial charge in [0.2, 0.25) is 0 Å². The highest BCUT2D eigenvalue weighted by atomic mass is 79.9. The van der Waals surface area contributed by atoms with E-state index in [1.807, 2.05) is 57.2 Å². The predicted molar refractivity (Wildman–Crippen MR) is 167 cm³/mol. The van der Waals surface area contributed by atoms with Crippen LogP contribution in [0.5, 0.6) is 11.5 Å².